The molecule has 0 aliphatic carbocycles. The number of unbranched alkanes of at least 4 members (excludes halogenated alkanes) is 1. The van der Waals surface area contributed by atoms with Gasteiger partial charge in [-0.15, -0.1) is 0 Å². The molecular weight excluding hydrogens is 304 g/mol. The molecule has 2 amide bonds. The van der Waals surface area contributed by atoms with Crippen molar-refractivity contribution in [3.63, 3.8) is 0 Å². The summed E-state index contributed by atoms with van der Waals surface area (Å²) < 4.78 is 5.00. The van der Waals surface area contributed by atoms with E-state index in [1.165, 1.54) is 24.7 Å². The van der Waals surface area contributed by atoms with Crippen molar-refractivity contribution in [3.8, 4) is 0 Å². The lowest BCUT2D eigenvalue weighted by molar-refractivity contribution is -0.116. The van der Waals surface area contributed by atoms with Crippen LogP contribution >= 0.6 is 0 Å². The first-order chi connectivity index (χ1) is 11.7. The summed E-state index contributed by atoms with van der Waals surface area (Å²) >= 11 is 0. The Morgan fingerprint density at radius 2 is 1.88 bits per heavy atom. The van der Waals surface area contributed by atoms with Gasteiger partial charge >= 0.3 is 0 Å². The summed E-state index contributed by atoms with van der Waals surface area (Å²) in [6.45, 7) is 2.61. The third-order valence-corrected chi connectivity index (χ3v) is 3.67. The van der Waals surface area contributed by atoms with Gasteiger partial charge in [0.05, 0.1) is 6.26 Å². The van der Waals surface area contributed by atoms with Crippen molar-refractivity contribution in [3.05, 3.63) is 54.0 Å². The Kier molecular flexibility index (Phi) is 7.08. The molecule has 2 rings (SSSR count). The number of hydrogen-bond donors (Lipinski definition) is 2. The van der Waals surface area contributed by atoms with Crippen LogP contribution in [0.3, 0.4) is 0 Å². The molecular formula is C19H24N2O3. The molecule has 0 aliphatic heterocycles. The van der Waals surface area contributed by atoms with E-state index in [0.717, 1.165) is 12.1 Å². The number of aryl methyl sites for hydroxylation is 1. The minimum atomic E-state index is -0.261. The van der Waals surface area contributed by atoms with Crippen molar-refractivity contribution in [2.75, 3.05) is 11.9 Å². The third-order valence-electron chi connectivity index (χ3n) is 3.67. The highest BCUT2D eigenvalue weighted by Crippen LogP contribution is 2.12. The molecule has 5 heteroatoms. The van der Waals surface area contributed by atoms with Gasteiger partial charge in [-0.3, -0.25) is 9.59 Å². The molecule has 2 N–H and O–H groups in total. The number of nitrogens with one attached hydrogen (secondary N) is 2. The summed E-state index contributed by atoms with van der Waals surface area (Å²) in [5, 5.41) is 5.59. The second-order valence-electron chi connectivity index (χ2n) is 5.69. The van der Waals surface area contributed by atoms with Crippen LogP contribution in [0.5, 0.6) is 0 Å². The van der Waals surface area contributed by atoms with Crippen molar-refractivity contribution >= 4 is 17.5 Å². The highest BCUT2D eigenvalue weighted by molar-refractivity contribution is 5.92. The molecule has 0 fully saturated rings. The lowest BCUT2D eigenvalue weighted by Gasteiger charge is -2.07. The number of carbonyl (C=O) groups excluding carboxylic acids is 2. The Morgan fingerprint density at radius 3 is 2.54 bits per heavy atom. The maximum atomic E-state index is 11.9. The average molecular weight is 328 g/mol. The number of amides is 2. The van der Waals surface area contributed by atoms with E-state index >= 15 is 0 Å². The zero-order valence-electron chi connectivity index (χ0n) is 14.0. The van der Waals surface area contributed by atoms with Crippen LogP contribution in [0.1, 0.15) is 48.7 Å². The number of hydrogen-bond acceptors (Lipinski definition) is 3. The SMILES string of the molecule is CCCCc1ccc(NC(=O)CCCNC(=O)c2ccco2)cc1. The second kappa shape index (κ2) is 9.55. The molecule has 0 spiro atoms. The van der Waals surface area contributed by atoms with Crippen molar-refractivity contribution in [2.45, 2.75) is 39.0 Å². The number of anilines is 1. The van der Waals surface area contributed by atoms with Gasteiger partial charge in [-0.25, -0.2) is 0 Å². The van der Waals surface area contributed by atoms with Crippen LogP contribution in [-0.2, 0) is 11.2 Å². The van der Waals surface area contributed by atoms with E-state index in [1.54, 1.807) is 12.1 Å². The molecule has 0 unspecified atom stereocenters. The van der Waals surface area contributed by atoms with E-state index < -0.39 is 0 Å². The van der Waals surface area contributed by atoms with Crippen molar-refractivity contribution in [2.24, 2.45) is 0 Å². The molecule has 5 nitrogen and oxygen atoms in total. The highest BCUT2D eigenvalue weighted by atomic mass is 16.3. The van der Waals surface area contributed by atoms with Crippen LogP contribution in [0.25, 0.3) is 0 Å². The number of carbonyl (C=O) groups is 2. The summed E-state index contributed by atoms with van der Waals surface area (Å²) in [4.78, 5) is 23.5. The van der Waals surface area contributed by atoms with Crippen LogP contribution in [0.4, 0.5) is 5.69 Å². The zero-order chi connectivity index (χ0) is 17.2. The van der Waals surface area contributed by atoms with Gasteiger partial charge in [0.25, 0.3) is 5.91 Å². The standard InChI is InChI=1S/C19H24N2O3/c1-2-3-6-15-9-11-16(12-10-15)21-18(22)8-4-13-20-19(23)17-7-5-14-24-17/h5,7,9-12,14H,2-4,6,8,13H2,1H3,(H,20,23)(H,21,22). The van der Waals surface area contributed by atoms with E-state index in [0.29, 0.717) is 19.4 Å². The quantitative estimate of drug-likeness (QED) is 0.688. The summed E-state index contributed by atoms with van der Waals surface area (Å²) in [7, 11) is 0. The second-order valence-corrected chi connectivity index (χ2v) is 5.69. The van der Waals surface area contributed by atoms with E-state index in [2.05, 4.69) is 29.7 Å². The first-order valence-electron chi connectivity index (χ1n) is 8.39. The molecule has 1 aromatic carbocycles. The molecule has 1 heterocycles. The first-order valence-corrected chi connectivity index (χ1v) is 8.39. The van der Waals surface area contributed by atoms with Gasteiger partial charge in [-0.05, 0) is 49.1 Å². The minimum absolute atomic E-state index is 0.0523. The van der Waals surface area contributed by atoms with Gasteiger partial charge < -0.3 is 15.1 Å². The zero-order valence-corrected chi connectivity index (χ0v) is 14.0. The van der Waals surface area contributed by atoms with Gasteiger partial charge in [0, 0.05) is 18.7 Å². The van der Waals surface area contributed by atoms with Gasteiger partial charge in [0.15, 0.2) is 5.76 Å². The fourth-order valence-corrected chi connectivity index (χ4v) is 2.30. The van der Waals surface area contributed by atoms with Crippen LogP contribution in [0.15, 0.2) is 47.1 Å². The normalized spacial score (nSPS) is 10.4. The summed E-state index contributed by atoms with van der Waals surface area (Å²) in [6.07, 6.45) is 5.81. The topological polar surface area (TPSA) is 71.3 Å². The third kappa shape index (κ3) is 5.91. The molecule has 0 atom stereocenters. The first kappa shape index (κ1) is 17.8. The largest absolute Gasteiger partial charge is 0.459 e. The monoisotopic (exact) mass is 328 g/mol. The Balaban J connectivity index is 1.65. The smallest absolute Gasteiger partial charge is 0.286 e. The molecule has 128 valence electrons. The molecule has 0 saturated carbocycles. The maximum absolute atomic E-state index is 11.9. The fraction of sp³-hybridized carbons (Fsp3) is 0.368. The summed E-state index contributed by atoms with van der Waals surface area (Å²) in [5.74, 6) is -0.0331. The highest BCUT2D eigenvalue weighted by Gasteiger charge is 2.08. The van der Waals surface area contributed by atoms with Crippen LogP contribution < -0.4 is 10.6 Å². The Bertz CT molecular complexity index is 633. The van der Waals surface area contributed by atoms with Gasteiger partial charge in [0.2, 0.25) is 5.91 Å². The lowest BCUT2D eigenvalue weighted by atomic mass is 10.1. The minimum Gasteiger partial charge on any atom is -0.459 e. The average Bonchev–Trinajstić information content (AvgIpc) is 3.12. The number of rotatable bonds is 9. The molecule has 0 saturated heterocycles. The molecule has 0 radical (unpaired) electrons. The molecule has 24 heavy (non-hydrogen) atoms. The molecule has 0 aliphatic rings. The Labute approximate surface area is 142 Å². The van der Waals surface area contributed by atoms with Crippen molar-refractivity contribution in [1.82, 2.24) is 5.32 Å². The Morgan fingerprint density at radius 1 is 1.08 bits per heavy atom. The van der Waals surface area contributed by atoms with Crippen LogP contribution in [0.2, 0.25) is 0 Å². The van der Waals surface area contributed by atoms with E-state index in [4.69, 9.17) is 4.42 Å². The summed E-state index contributed by atoms with van der Waals surface area (Å²) in [5.41, 5.74) is 2.09. The fourth-order valence-electron chi connectivity index (χ4n) is 2.30. The van der Waals surface area contributed by atoms with Crippen LogP contribution in [-0.4, -0.2) is 18.4 Å². The van der Waals surface area contributed by atoms with Crippen molar-refractivity contribution < 1.29 is 14.0 Å². The predicted molar refractivity (Wildman–Crippen MR) is 94.0 cm³/mol. The lowest BCUT2D eigenvalue weighted by Crippen LogP contribution is -2.25. The molecule has 2 aromatic rings. The van der Waals surface area contributed by atoms with Crippen LogP contribution in [0, 0.1) is 0 Å². The van der Waals surface area contributed by atoms with Gasteiger partial charge in [0.1, 0.15) is 0 Å². The van der Waals surface area contributed by atoms with Crippen molar-refractivity contribution in [1.29, 1.82) is 0 Å². The number of benzene rings is 1. The predicted octanol–water partition coefficient (Wildman–Crippen LogP) is 3.77. The Hall–Kier alpha value is -2.56. The van der Waals surface area contributed by atoms with E-state index in [1.807, 2.05) is 12.1 Å². The van der Waals surface area contributed by atoms with E-state index in [9.17, 15) is 9.59 Å². The van der Waals surface area contributed by atoms with Gasteiger partial charge in [-0.2, -0.15) is 0 Å². The van der Waals surface area contributed by atoms with E-state index in [-0.39, 0.29) is 17.6 Å². The maximum Gasteiger partial charge on any atom is 0.286 e. The molecule has 0 bridgehead atoms. The molecule has 1 aromatic heterocycles. The summed E-state index contributed by atoms with van der Waals surface area (Å²) in [6, 6.07) is 11.2. The number of furan rings is 1. The van der Waals surface area contributed by atoms with Gasteiger partial charge in [-0.1, -0.05) is 25.5 Å².